The Bertz CT molecular complexity index is 1060. The molecule has 2 aromatic heterocycles. The van der Waals surface area contributed by atoms with Gasteiger partial charge >= 0.3 is 11.9 Å². The van der Waals surface area contributed by atoms with Crippen molar-refractivity contribution in [2.75, 3.05) is 0 Å². The van der Waals surface area contributed by atoms with Crippen LogP contribution in [-0.4, -0.2) is 38.0 Å². The van der Waals surface area contributed by atoms with Gasteiger partial charge in [-0.25, -0.2) is 9.78 Å². The maximum Gasteiger partial charge on any atom is 0.338 e. The summed E-state index contributed by atoms with van der Waals surface area (Å²) in [4.78, 5) is 41.5. The molecule has 0 fully saturated rings. The summed E-state index contributed by atoms with van der Waals surface area (Å²) in [5.41, 5.74) is 2.33. The van der Waals surface area contributed by atoms with Gasteiger partial charge in [-0.05, 0) is 49.2 Å². The highest BCUT2D eigenvalue weighted by atomic mass is 32.2. The normalized spacial score (nSPS) is 9.97. The van der Waals surface area contributed by atoms with Crippen LogP contribution >= 0.6 is 11.8 Å². The number of nitrogens with one attached hydrogen (secondary N) is 1. The number of hydrogen-bond donors (Lipinski definition) is 3. The summed E-state index contributed by atoms with van der Waals surface area (Å²) >= 11 is 1.36. The average molecular weight is 468 g/mol. The quantitative estimate of drug-likeness (QED) is 0.427. The van der Waals surface area contributed by atoms with Crippen LogP contribution in [0.2, 0.25) is 0 Å². The molecule has 8 nitrogen and oxygen atoms in total. The molecule has 3 rings (SSSR count). The molecule has 0 spiro atoms. The monoisotopic (exact) mass is 467 g/mol. The SMILES string of the molecule is Cc1ccc(Sc2ncccc2C(=O)O)cc1.O=C(O)CCCC(=O)NCc1cccnc1. The number of aliphatic carboxylic acids is 1. The maximum absolute atomic E-state index is 11.3. The molecule has 172 valence electrons. The van der Waals surface area contributed by atoms with Crippen molar-refractivity contribution in [2.24, 2.45) is 0 Å². The zero-order valence-electron chi connectivity index (χ0n) is 18.1. The molecule has 1 amide bonds. The Morgan fingerprint density at radius 1 is 0.970 bits per heavy atom. The van der Waals surface area contributed by atoms with E-state index in [0.717, 1.165) is 10.5 Å². The number of carbonyl (C=O) groups excluding carboxylic acids is 1. The molecule has 0 aliphatic heterocycles. The van der Waals surface area contributed by atoms with Crippen molar-refractivity contribution in [1.29, 1.82) is 0 Å². The zero-order chi connectivity index (χ0) is 24.1. The van der Waals surface area contributed by atoms with Gasteiger partial charge in [0.1, 0.15) is 5.03 Å². The molecule has 3 N–H and O–H groups in total. The number of aromatic nitrogens is 2. The smallest absolute Gasteiger partial charge is 0.338 e. The number of benzene rings is 1. The van der Waals surface area contributed by atoms with Crippen LogP contribution in [0, 0.1) is 6.92 Å². The molecule has 33 heavy (non-hydrogen) atoms. The molecule has 0 unspecified atom stereocenters. The first-order valence-electron chi connectivity index (χ1n) is 10.2. The minimum Gasteiger partial charge on any atom is -0.481 e. The Morgan fingerprint density at radius 2 is 1.70 bits per heavy atom. The third-order valence-electron chi connectivity index (χ3n) is 4.24. The van der Waals surface area contributed by atoms with E-state index < -0.39 is 11.9 Å². The van der Waals surface area contributed by atoms with Gasteiger partial charge in [0, 0.05) is 42.9 Å². The summed E-state index contributed by atoms with van der Waals surface area (Å²) in [6.45, 7) is 2.44. The first-order chi connectivity index (χ1) is 15.8. The molecule has 0 aliphatic carbocycles. The van der Waals surface area contributed by atoms with Crippen molar-refractivity contribution in [1.82, 2.24) is 15.3 Å². The number of carbonyl (C=O) groups is 3. The Hall–Kier alpha value is -3.72. The van der Waals surface area contributed by atoms with Crippen LogP contribution in [0.5, 0.6) is 0 Å². The lowest BCUT2D eigenvalue weighted by molar-refractivity contribution is -0.137. The molecular weight excluding hydrogens is 442 g/mol. The summed E-state index contributed by atoms with van der Waals surface area (Å²) in [7, 11) is 0. The molecule has 1 aromatic carbocycles. The van der Waals surface area contributed by atoms with Crippen LogP contribution < -0.4 is 5.32 Å². The van der Waals surface area contributed by atoms with Crippen molar-refractivity contribution in [2.45, 2.75) is 42.7 Å². The Labute approximate surface area is 196 Å². The highest BCUT2D eigenvalue weighted by molar-refractivity contribution is 7.99. The number of aryl methyl sites for hydroxylation is 1. The topological polar surface area (TPSA) is 129 Å². The summed E-state index contributed by atoms with van der Waals surface area (Å²) in [5, 5.41) is 20.6. The fourth-order valence-corrected chi connectivity index (χ4v) is 3.42. The number of amides is 1. The van der Waals surface area contributed by atoms with Crippen molar-refractivity contribution in [3.8, 4) is 0 Å². The lowest BCUT2D eigenvalue weighted by Gasteiger charge is -2.04. The number of aromatic carboxylic acids is 1. The van der Waals surface area contributed by atoms with E-state index >= 15 is 0 Å². The van der Waals surface area contributed by atoms with E-state index in [1.807, 2.05) is 37.3 Å². The standard InChI is InChI=1S/C13H11NO2S.C11H14N2O3/c1-9-4-6-10(7-5-9)17-12-11(13(15)16)3-2-8-14-12;14-10(4-1-5-11(15)16)13-8-9-3-2-6-12-7-9/h2-8H,1H3,(H,15,16);2-3,6-7H,1,4-5,8H2,(H,13,14)(H,15,16). The van der Waals surface area contributed by atoms with Crippen LogP contribution in [0.15, 0.2) is 77.0 Å². The number of rotatable bonds is 9. The van der Waals surface area contributed by atoms with Gasteiger partial charge in [0.15, 0.2) is 0 Å². The van der Waals surface area contributed by atoms with E-state index in [1.165, 1.54) is 17.3 Å². The molecule has 0 radical (unpaired) electrons. The van der Waals surface area contributed by atoms with Gasteiger partial charge in [0.2, 0.25) is 5.91 Å². The van der Waals surface area contributed by atoms with E-state index in [-0.39, 0.29) is 24.3 Å². The molecule has 0 atom stereocenters. The van der Waals surface area contributed by atoms with Crippen molar-refractivity contribution >= 4 is 29.6 Å². The number of nitrogens with zero attached hydrogens (tertiary/aromatic N) is 2. The fourth-order valence-electron chi connectivity index (χ4n) is 2.54. The second-order valence-electron chi connectivity index (χ2n) is 6.96. The van der Waals surface area contributed by atoms with Crippen molar-refractivity contribution < 1.29 is 24.6 Å². The Morgan fingerprint density at radius 3 is 2.33 bits per heavy atom. The van der Waals surface area contributed by atoms with Gasteiger partial charge in [-0.15, -0.1) is 0 Å². The second-order valence-corrected chi connectivity index (χ2v) is 8.02. The average Bonchev–Trinajstić information content (AvgIpc) is 2.80. The number of hydrogen-bond acceptors (Lipinski definition) is 6. The molecule has 2 heterocycles. The summed E-state index contributed by atoms with van der Waals surface area (Å²) in [6.07, 6.45) is 5.58. The van der Waals surface area contributed by atoms with Crippen LogP contribution in [-0.2, 0) is 16.1 Å². The van der Waals surface area contributed by atoms with Gasteiger partial charge < -0.3 is 15.5 Å². The van der Waals surface area contributed by atoms with E-state index in [1.54, 1.807) is 36.8 Å². The van der Waals surface area contributed by atoms with E-state index in [4.69, 9.17) is 10.2 Å². The lowest BCUT2D eigenvalue weighted by atomic mass is 10.2. The van der Waals surface area contributed by atoms with E-state index in [2.05, 4.69) is 15.3 Å². The zero-order valence-corrected chi connectivity index (χ0v) is 18.9. The summed E-state index contributed by atoms with van der Waals surface area (Å²) in [6, 6.07) is 14.8. The molecule has 3 aromatic rings. The van der Waals surface area contributed by atoms with Crippen LogP contribution in [0.25, 0.3) is 0 Å². The van der Waals surface area contributed by atoms with Gasteiger partial charge in [0.25, 0.3) is 0 Å². The Kier molecular flexibility index (Phi) is 10.6. The summed E-state index contributed by atoms with van der Waals surface area (Å²) in [5.74, 6) is -1.96. The van der Waals surface area contributed by atoms with Crippen LogP contribution in [0.1, 0.15) is 40.7 Å². The van der Waals surface area contributed by atoms with Gasteiger partial charge in [-0.1, -0.05) is 35.5 Å². The van der Waals surface area contributed by atoms with Crippen LogP contribution in [0.4, 0.5) is 0 Å². The predicted octanol–water partition coefficient (Wildman–Crippen LogP) is 4.19. The minimum absolute atomic E-state index is 0.0281. The van der Waals surface area contributed by atoms with Crippen molar-refractivity contribution in [3.05, 3.63) is 83.8 Å². The van der Waals surface area contributed by atoms with Gasteiger partial charge in [-0.2, -0.15) is 0 Å². The molecular formula is C24H25N3O5S. The highest BCUT2D eigenvalue weighted by Gasteiger charge is 2.11. The predicted molar refractivity (Wildman–Crippen MR) is 124 cm³/mol. The first-order valence-corrected chi connectivity index (χ1v) is 11.0. The second kappa shape index (κ2) is 13.6. The van der Waals surface area contributed by atoms with E-state index in [0.29, 0.717) is 18.0 Å². The van der Waals surface area contributed by atoms with Crippen molar-refractivity contribution in [3.63, 3.8) is 0 Å². The fraction of sp³-hybridized carbons (Fsp3) is 0.208. The van der Waals surface area contributed by atoms with Crippen LogP contribution in [0.3, 0.4) is 0 Å². The third-order valence-corrected chi connectivity index (χ3v) is 5.27. The number of carboxylic acid groups (broad SMARTS) is 2. The highest BCUT2D eigenvalue weighted by Crippen LogP contribution is 2.28. The molecule has 9 heteroatoms. The number of carboxylic acids is 2. The van der Waals surface area contributed by atoms with E-state index in [9.17, 15) is 14.4 Å². The first kappa shape index (κ1) is 25.5. The largest absolute Gasteiger partial charge is 0.481 e. The molecule has 0 aliphatic rings. The number of pyridine rings is 2. The van der Waals surface area contributed by atoms with Gasteiger partial charge in [-0.3, -0.25) is 14.6 Å². The third kappa shape index (κ3) is 9.96. The summed E-state index contributed by atoms with van der Waals surface area (Å²) < 4.78 is 0. The minimum atomic E-state index is -0.951. The molecule has 0 saturated heterocycles. The molecule has 0 saturated carbocycles. The molecule has 0 bridgehead atoms. The Balaban J connectivity index is 0.000000234. The lowest BCUT2D eigenvalue weighted by Crippen LogP contribution is -2.22. The maximum atomic E-state index is 11.3. The van der Waals surface area contributed by atoms with Gasteiger partial charge in [0.05, 0.1) is 5.56 Å².